The molecule has 0 aromatic carbocycles. The van der Waals surface area contributed by atoms with E-state index in [-0.39, 0.29) is 0 Å². The third-order valence-corrected chi connectivity index (χ3v) is 4.04. The number of nitrogens with zero attached hydrogens (tertiary/aromatic N) is 2. The Balaban J connectivity index is 1.61. The van der Waals surface area contributed by atoms with Crippen LogP contribution in [0.4, 0.5) is 0 Å². The Morgan fingerprint density at radius 1 is 1.17 bits per heavy atom. The van der Waals surface area contributed by atoms with E-state index in [1.165, 1.54) is 57.8 Å². The van der Waals surface area contributed by atoms with E-state index in [9.17, 15) is 0 Å². The van der Waals surface area contributed by atoms with Crippen LogP contribution in [-0.2, 0) is 4.74 Å². The summed E-state index contributed by atoms with van der Waals surface area (Å²) in [6.45, 7) is 5.23. The van der Waals surface area contributed by atoms with E-state index in [2.05, 4.69) is 16.8 Å². The van der Waals surface area contributed by atoms with E-state index in [0.717, 1.165) is 25.7 Å². The highest BCUT2D eigenvalue weighted by atomic mass is 16.5. The number of hydrogen-bond acceptors (Lipinski definition) is 2. The van der Waals surface area contributed by atoms with Crippen LogP contribution in [0.2, 0.25) is 0 Å². The molecule has 0 spiro atoms. The summed E-state index contributed by atoms with van der Waals surface area (Å²) in [6.07, 6.45) is 11.9. The summed E-state index contributed by atoms with van der Waals surface area (Å²) in [5, 5.41) is 0. The Bertz CT molecular complexity index is 265. The second-order valence-corrected chi connectivity index (χ2v) is 5.59. The van der Waals surface area contributed by atoms with Gasteiger partial charge in [0.25, 0.3) is 6.02 Å². The molecule has 3 nitrogen and oxygen atoms in total. The van der Waals surface area contributed by atoms with Crippen molar-refractivity contribution in [1.29, 1.82) is 0 Å². The van der Waals surface area contributed by atoms with Gasteiger partial charge in [-0.3, -0.25) is 0 Å². The van der Waals surface area contributed by atoms with Crippen LogP contribution < -0.4 is 0 Å². The molecule has 0 radical (unpaired) electrons. The summed E-state index contributed by atoms with van der Waals surface area (Å²) >= 11 is 0. The highest BCUT2D eigenvalue weighted by Crippen LogP contribution is 2.23. The lowest BCUT2D eigenvalue weighted by Crippen LogP contribution is -2.38. The van der Waals surface area contributed by atoms with Crippen molar-refractivity contribution < 1.29 is 4.74 Å². The molecule has 2 fully saturated rings. The molecule has 2 rings (SSSR count). The van der Waals surface area contributed by atoms with Gasteiger partial charge >= 0.3 is 0 Å². The molecule has 0 aliphatic carbocycles. The number of aliphatic imine (C=N–C) groups is 1. The van der Waals surface area contributed by atoms with E-state index in [4.69, 9.17) is 4.74 Å². The van der Waals surface area contributed by atoms with E-state index in [1.807, 2.05) is 0 Å². The topological polar surface area (TPSA) is 24.8 Å². The zero-order valence-electron chi connectivity index (χ0n) is 11.9. The van der Waals surface area contributed by atoms with Crippen LogP contribution in [0.1, 0.15) is 64.7 Å². The zero-order chi connectivity index (χ0) is 12.6. The third-order valence-electron chi connectivity index (χ3n) is 4.04. The van der Waals surface area contributed by atoms with Gasteiger partial charge in [-0.25, -0.2) is 4.99 Å². The monoisotopic (exact) mass is 252 g/mol. The zero-order valence-corrected chi connectivity index (χ0v) is 11.9. The van der Waals surface area contributed by atoms with E-state index in [0.29, 0.717) is 6.04 Å². The molecule has 18 heavy (non-hydrogen) atoms. The standard InChI is InChI=1S/C15H28N2O/c1-2-3-4-5-6-8-11-16-15-17-12-9-7-10-14(17)13-18-15/h14H,2-13H2,1H3/t14-/m1/s1. The van der Waals surface area contributed by atoms with E-state index >= 15 is 0 Å². The summed E-state index contributed by atoms with van der Waals surface area (Å²) < 4.78 is 5.72. The molecule has 2 aliphatic heterocycles. The Morgan fingerprint density at radius 3 is 2.89 bits per heavy atom. The van der Waals surface area contributed by atoms with Crippen LogP contribution in [-0.4, -0.2) is 36.7 Å². The summed E-state index contributed by atoms with van der Waals surface area (Å²) in [5.74, 6) is 0. The summed E-state index contributed by atoms with van der Waals surface area (Å²) in [7, 11) is 0. The number of unbranched alkanes of at least 4 members (excludes halogenated alkanes) is 5. The molecule has 0 unspecified atom stereocenters. The lowest BCUT2D eigenvalue weighted by molar-refractivity contribution is 0.256. The first-order chi connectivity index (χ1) is 8.92. The molecule has 1 atom stereocenters. The van der Waals surface area contributed by atoms with Gasteiger partial charge in [0.2, 0.25) is 0 Å². The van der Waals surface area contributed by atoms with Gasteiger partial charge in [-0.1, -0.05) is 39.0 Å². The maximum Gasteiger partial charge on any atom is 0.287 e. The van der Waals surface area contributed by atoms with Crippen LogP contribution >= 0.6 is 0 Å². The van der Waals surface area contributed by atoms with Crippen LogP contribution in [0.3, 0.4) is 0 Å². The largest absolute Gasteiger partial charge is 0.463 e. The van der Waals surface area contributed by atoms with Crippen molar-refractivity contribution in [2.24, 2.45) is 4.99 Å². The van der Waals surface area contributed by atoms with Crippen molar-refractivity contribution in [3.8, 4) is 0 Å². The number of ether oxygens (including phenoxy) is 1. The Hall–Kier alpha value is -0.730. The summed E-state index contributed by atoms with van der Waals surface area (Å²) in [6, 6.07) is 1.57. The predicted octanol–water partition coefficient (Wildman–Crippen LogP) is 3.59. The number of hydrogen-bond donors (Lipinski definition) is 0. The normalized spacial score (nSPS) is 25.3. The molecule has 0 aromatic rings. The van der Waals surface area contributed by atoms with Crippen molar-refractivity contribution in [3.63, 3.8) is 0 Å². The van der Waals surface area contributed by atoms with Crippen LogP contribution in [0, 0.1) is 0 Å². The Labute approximate surface area is 112 Å². The maximum absolute atomic E-state index is 5.72. The maximum atomic E-state index is 5.72. The molecule has 0 bridgehead atoms. The smallest absolute Gasteiger partial charge is 0.287 e. The molecule has 0 aromatic heterocycles. The van der Waals surface area contributed by atoms with Crippen LogP contribution in [0.5, 0.6) is 0 Å². The predicted molar refractivity (Wildman–Crippen MR) is 76.0 cm³/mol. The number of amidine groups is 1. The lowest BCUT2D eigenvalue weighted by atomic mass is 10.0. The van der Waals surface area contributed by atoms with Gasteiger partial charge in [0.05, 0.1) is 6.04 Å². The van der Waals surface area contributed by atoms with E-state index < -0.39 is 0 Å². The molecule has 104 valence electrons. The molecular weight excluding hydrogens is 224 g/mol. The molecule has 3 heteroatoms. The first-order valence-electron chi connectivity index (χ1n) is 7.85. The van der Waals surface area contributed by atoms with Gasteiger partial charge in [0, 0.05) is 13.1 Å². The minimum Gasteiger partial charge on any atom is -0.463 e. The van der Waals surface area contributed by atoms with Crippen molar-refractivity contribution in [2.45, 2.75) is 70.8 Å². The Morgan fingerprint density at radius 2 is 2.00 bits per heavy atom. The van der Waals surface area contributed by atoms with Gasteiger partial charge < -0.3 is 9.64 Å². The van der Waals surface area contributed by atoms with Gasteiger partial charge in [0.1, 0.15) is 6.61 Å². The van der Waals surface area contributed by atoms with Crippen LogP contribution in [0.25, 0.3) is 0 Å². The number of piperidine rings is 1. The summed E-state index contributed by atoms with van der Waals surface area (Å²) in [4.78, 5) is 7.04. The molecule has 2 aliphatic rings. The van der Waals surface area contributed by atoms with Crippen molar-refractivity contribution >= 4 is 6.02 Å². The molecule has 0 N–H and O–H groups in total. The summed E-state index contributed by atoms with van der Waals surface area (Å²) in [5.41, 5.74) is 0. The van der Waals surface area contributed by atoms with Gasteiger partial charge in [-0.15, -0.1) is 0 Å². The van der Waals surface area contributed by atoms with Gasteiger partial charge in [0.15, 0.2) is 0 Å². The quantitative estimate of drug-likeness (QED) is 0.647. The highest BCUT2D eigenvalue weighted by Gasteiger charge is 2.32. The number of fused-ring (bicyclic) bond motifs is 1. The molecule has 0 amide bonds. The first-order valence-corrected chi connectivity index (χ1v) is 7.85. The number of rotatable bonds is 7. The SMILES string of the molecule is CCCCCCCCN=C1OC[C@H]2CCCCN12. The van der Waals surface area contributed by atoms with Crippen LogP contribution in [0.15, 0.2) is 4.99 Å². The molecule has 0 saturated carbocycles. The average Bonchev–Trinajstić information content (AvgIpc) is 2.81. The minimum absolute atomic E-state index is 0.627. The first kappa shape index (κ1) is 13.7. The van der Waals surface area contributed by atoms with Crippen molar-refractivity contribution in [1.82, 2.24) is 4.90 Å². The van der Waals surface area contributed by atoms with Gasteiger partial charge in [-0.05, 0) is 25.7 Å². The fourth-order valence-electron chi connectivity index (χ4n) is 2.88. The second-order valence-electron chi connectivity index (χ2n) is 5.59. The molecular formula is C15H28N2O. The second kappa shape index (κ2) is 7.65. The fraction of sp³-hybridized carbons (Fsp3) is 0.933. The average molecular weight is 252 g/mol. The lowest BCUT2D eigenvalue weighted by Gasteiger charge is -2.27. The van der Waals surface area contributed by atoms with E-state index in [1.54, 1.807) is 0 Å². The highest BCUT2D eigenvalue weighted by molar-refractivity contribution is 5.76. The Kier molecular flexibility index (Phi) is 5.82. The molecule has 2 heterocycles. The third kappa shape index (κ3) is 3.89. The molecule has 2 saturated heterocycles. The van der Waals surface area contributed by atoms with Gasteiger partial charge in [-0.2, -0.15) is 0 Å². The minimum atomic E-state index is 0.627. The fourth-order valence-corrected chi connectivity index (χ4v) is 2.88. The van der Waals surface area contributed by atoms with Crippen molar-refractivity contribution in [3.05, 3.63) is 0 Å². The van der Waals surface area contributed by atoms with Crippen molar-refractivity contribution in [2.75, 3.05) is 19.7 Å².